The summed E-state index contributed by atoms with van der Waals surface area (Å²) < 4.78 is 5.22. The normalized spacial score (nSPS) is 10.9. The van der Waals surface area contributed by atoms with Gasteiger partial charge in [-0.15, -0.1) is 11.8 Å². The Morgan fingerprint density at radius 2 is 1.95 bits per heavy atom. The standard InChI is InChI=1S/C15H22N2O3S/c1-15(2,3)17-13(18)9-16-14(19)11-7-6-10(21-5)8-12(11)20-4/h6-8H,9H2,1-5H3,(H,16,19)(H,17,18). The molecule has 0 bridgehead atoms. The molecule has 0 spiro atoms. The maximum absolute atomic E-state index is 12.1. The predicted octanol–water partition coefficient (Wildman–Crippen LogP) is 2.06. The van der Waals surface area contributed by atoms with Gasteiger partial charge in [-0.1, -0.05) is 0 Å². The molecule has 116 valence electrons. The van der Waals surface area contributed by atoms with Crippen LogP contribution in [0.25, 0.3) is 0 Å². The van der Waals surface area contributed by atoms with Crippen LogP contribution in [0, 0.1) is 0 Å². The highest BCUT2D eigenvalue weighted by Gasteiger charge is 2.16. The molecule has 1 aromatic rings. The first-order valence-electron chi connectivity index (χ1n) is 6.58. The SMILES string of the molecule is COc1cc(SC)ccc1C(=O)NCC(=O)NC(C)(C)C. The molecule has 0 radical (unpaired) electrons. The quantitative estimate of drug-likeness (QED) is 0.817. The van der Waals surface area contributed by atoms with Crippen LogP contribution in [0.3, 0.4) is 0 Å². The van der Waals surface area contributed by atoms with Crippen LogP contribution in [0.5, 0.6) is 5.75 Å². The molecule has 0 atom stereocenters. The van der Waals surface area contributed by atoms with Gasteiger partial charge in [-0.25, -0.2) is 0 Å². The number of carbonyl (C=O) groups excluding carboxylic acids is 2. The summed E-state index contributed by atoms with van der Waals surface area (Å²) in [6.45, 7) is 5.59. The molecule has 0 heterocycles. The largest absolute Gasteiger partial charge is 0.496 e. The summed E-state index contributed by atoms with van der Waals surface area (Å²) in [5, 5.41) is 5.38. The minimum Gasteiger partial charge on any atom is -0.496 e. The van der Waals surface area contributed by atoms with Gasteiger partial charge in [0.15, 0.2) is 0 Å². The first-order valence-corrected chi connectivity index (χ1v) is 7.80. The van der Waals surface area contributed by atoms with Crippen LogP contribution in [0.1, 0.15) is 31.1 Å². The van der Waals surface area contributed by atoms with E-state index in [1.54, 1.807) is 23.9 Å². The lowest BCUT2D eigenvalue weighted by atomic mass is 10.1. The van der Waals surface area contributed by atoms with E-state index in [4.69, 9.17) is 4.74 Å². The zero-order chi connectivity index (χ0) is 16.0. The smallest absolute Gasteiger partial charge is 0.255 e. The Bertz CT molecular complexity index is 524. The van der Waals surface area contributed by atoms with Gasteiger partial charge in [-0.3, -0.25) is 9.59 Å². The van der Waals surface area contributed by atoms with E-state index in [1.807, 2.05) is 33.1 Å². The maximum atomic E-state index is 12.1. The van der Waals surface area contributed by atoms with Crippen molar-refractivity contribution in [1.29, 1.82) is 0 Å². The van der Waals surface area contributed by atoms with Crippen LogP contribution in [-0.2, 0) is 4.79 Å². The third-order valence-corrected chi connectivity index (χ3v) is 3.30. The van der Waals surface area contributed by atoms with Gasteiger partial charge in [0.2, 0.25) is 5.91 Å². The molecule has 0 aliphatic rings. The average molecular weight is 310 g/mol. The summed E-state index contributed by atoms with van der Waals surface area (Å²) in [4.78, 5) is 24.8. The van der Waals surface area contributed by atoms with E-state index in [9.17, 15) is 9.59 Å². The van der Waals surface area contributed by atoms with E-state index < -0.39 is 0 Å². The minimum absolute atomic E-state index is 0.0659. The van der Waals surface area contributed by atoms with E-state index in [-0.39, 0.29) is 23.9 Å². The van der Waals surface area contributed by atoms with Gasteiger partial charge in [0.25, 0.3) is 5.91 Å². The number of benzene rings is 1. The molecule has 5 nitrogen and oxygen atoms in total. The molecule has 0 unspecified atom stereocenters. The Morgan fingerprint density at radius 1 is 1.29 bits per heavy atom. The van der Waals surface area contributed by atoms with Gasteiger partial charge < -0.3 is 15.4 Å². The van der Waals surface area contributed by atoms with E-state index in [0.717, 1.165) is 4.90 Å². The summed E-state index contributed by atoms with van der Waals surface area (Å²) in [7, 11) is 1.52. The predicted molar refractivity (Wildman–Crippen MR) is 85.0 cm³/mol. The van der Waals surface area contributed by atoms with Gasteiger partial charge in [0.05, 0.1) is 19.2 Å². The van der Waals surface area contributed by atoms with Crippen molar-refractivity contribution in [3.63, 3.8) is 0 Å². The second-order valence-corrected chi connectivity index (χ2v) is 6.43. The van der Waals surface area contributed by atoms with E-state index in [0.29, 0.717) is 11.3 Å². The molecular weight excluding hydrogens is 288 g/mol. The molecule has 1 rings (SSSR count). The Hall–Kier alpha value is -1.69. The van der Waals surface area contributed by atoms with E-state index in [1.165, 1.54) is 7.11 Å². The molecule has 0 aliphatic carbocycles. The molecule has 2 amide bonds. The number of amides is 2. The fourth-order valence-corrected chi connectivity index (χ4v) is 2.13. The zero-order valence-corrected chi connectivity index (χ0v) is 13.9. The van der Waals surface area contributed by atoms with Crippen LogP contribution in [-0.4, -0.2) is 37.3 Å². The summed E-state index contributed by atoms with van der Waals surface area (Å²) in [6, 6.07) is 5.34. The maximum Gasteiger partial charge on any atom is 0.255 e. The molecule has 21 heavy (non-hydrogen) atoms. The molecule has 0 saturated heterocycles. The molecule has 0 saturated carbocycles. The monoisotopic (exact) mass is 310 g/mol. The zero-order valence-electron chi connectivity index (χ0n) is 13.1. The second kappa shape index (κ2) is 7.36. The molecule has 0 fully saturated rings. The molecular formula is C15H22N2O3S. The fraction of sp³-hybridized carbons (Fsp3) is 0.467. The number of carbonyl (C=O) groups is 2. The number of methoxy groups -OCH3 is 1. The minimum atomic E-state index is -0.330. The van der Waals surface area contributed by atoms with Crippen LogP contribution in [0.4, 0.5) is 0 Å². The summed E-state index contributed by atoms with van der Waals surface area (Å²) in [5.74, 6) is -0.0605. The number of hydrogen-bond acceptors (Lipinski definition) is 4. The molecule has 0 aliphatic heterocycles. The molecule has 1 aromatic carbocycles. The van der Waals surface area contributed by atoms with Crippen LogP contribution in [0.15, 0.2) is 23.1 Å². The third kappa shape index (κ3) is 5.67. The Morgan fingerprint density at radius 3 is 2.48 bits per heavy atom. The number of rotatable bonds is 5. The fourth-order valence-electron chi connectivity index (χ4n) is 1.70. The van der Waals surface area contributed by atoms with Gasteiger partial charge in [0.1, 0.15) is 5.75 Å². The Kier molecular flexibility index (Phi) is 6.08. The third-order valence-electron chi connectivity index (χ3n) is 2.58. The van der Waals surface area contributed by atoms with Crippen molar-refractivity contribution in [3.8, 4) is 5.75 Å². The van der Waals surface area contributed by atoms with Crippen molar-refractivity contribution in [1.82, 2.24) is 10.6 Å². The van der Waals surface area contributed by atoms with Crippen molar-refractivity contribution in [2.45, 2.75) is 31.2 Å². The highest BCUT2D eigenvalue weighted by molar-refractivity contribution is 7.98. The Labute approximate surface area is 129 Å². The van der Waals surface area contributed by atoms with E-state index in [2.05, 4.69) is 10.6 Å². The molecule has 2 N–H and O–H groups in total. The van der Waals surface area contributed by atoms with Gasteiger partial charge in [0, 0.05) is 10.4 Å². The van der Waals surface area contributed by atoms with Crippen molar-refractivity contribution < 1.29 is 14.3 Å². The number of nitrogens with one attached hydrogen (secondary N) is 2. The first-order chi connectivity index (χ1) is 9.76. The van der Waals surface area contributed by atoms with Crippen LogP contribution >= 0.6 is 11.8 Å². The number of thioether (sulfide) groups is 1. The van der Waals surface area contributed by atoms with E-state index >= 15 is 0 Å². The summed E-state index contributed by atoms with van der Waals surface area (Å²) in [5.41, 5.74) is 0.0957. The topological polar surface area (TPSA) is 67.4 Å². The Balaban J connectivity index is 2.70. The average Bonchev–Trinajstić information content (AvgIpc) is 2.42. The lowest BCUT2D eigenvalue weighted by Gasteiger charge is -2.20. The summed E-state index contributed by atoms with van der Waals surface area (Å²) in [6.07, 6.45) is 1.95. The first kappa shape index (κ1) is 17.4. The highest BCUT2D eigenvalue weighted by Crippen LogP contribution is 2.25. The molecule has 0 aromatic heterocycles. The van der Waals surface area contributed by atoms with Gasteiger partial charge >= 0.3 is 0 Å². The van der Waals surface area contributed by atoms with Crippen LogP contribution < -0.4 is 15.4 Å². The lowest BCUT2D eigenvalue weighted by Crippen LogP contribution is -2.45. The van der Waals surface area contributed by atoms with Crippen molar-refractivity contribution in [3.05, 3.63) is 23.8 Å². The highest BCUT2D eigenvalue weighted by atomic mass is 32.2. The van der Waals surface area contributed by atoms with Gasteiger partial charge in [-0.2, -0.15) is 0 Å². The summed E-state index contributed by atoms with van der Waals surface area (Å²) >= 11 is 1.57. The number of ether oxygens (including phenoxy) is 1. The second-order valence-electron chi connectivity index (χ2n) is 5.55. The molecule has 6 heteroatoms. The van der Waals surface area contributed by atoms with Crippen molar-refractivity contribution in [2.24, 2.45) is 0 Å². The van der Waals surface area contributed by atoms with Crippen molar-refractivity contribution >= 4 is 23.6 Å². The van der Waals surface area contributed by atoms with Crippen LogP contribution in [0.2, 0.25) is 0 Å². The number of hydrogen-bond donors (Lipinski definition) is 2. The van der Waals surface area contributed by atoms with Gasteiger partial charge in [-0.05, 0) is 45.2 Å². The lowest BCUT2D eigenvalue weighted by molar-refractivity contribution is -0.121. The van der Waals surface area contributed by atoms with Crippen molar-refractivity contribution in [2.75, 3.05) is 19.9 Å².